The summed E-state index contributed by atoms with van der Waals surface area (Å²) in [6.07, 6.45) is 0. The van der Waals surface area contributed by atoms with Gasteiger partial charge < -0.3 is 11.5 Å². The number of nitrogens with two attached hydrogens (primary N) is 2. The molecule has 0 spiro atoms. The van der Waals surface area contributed by atoms with Gasteiger partial charge in [0, 0.05) is 34.3 Å². The molecule has 3 heteroatoms. The first-order valence-corrected chi connectivity index (χ1v) is 9.04. The Morgan fingerprint density at radius 2 is 1.42 bits per heavy atom. The number of rotatable bonds is 3. The summed E-state index contributed by atoms with van der Waals surface area (Å²) >= 11 is 0. The van der Waals surface area contributed by atoms with E-state index in [0.717, 1.165) is 23.4 Å². The van der Waals surface area contributed by atoms with Crippen LogP contribution in [0.15, 0.2) is 66.7 Å². The predicted molar refractivity (Wildman–Crippen MR) is 111 cm³/mol. The normalized spacial score (nSPS) is 11.5. The molecule has 3 nitrogen and oxygen atoms in total. The Hall–Kier alpha value is -3.07. The van der Waals surface area contributed by atoms with Gasteiger partial charge in [0.15, 0.2) is 6.54 Å². The van der Waals surface area contributed by atoms with E-state index in [4.69, 9.17) is 11.5 Å². The maximum absolute atomic E-state index is 6.16. The van der Waals surface area contributed by atoms with Crippen molar-refractivity contribution in [1.82, 2.24) is 0 Å². The minimum absolute atomic E-state index is 0.505. The lowest BCUT2D eigenvalue weighted by Crippen LogP contribution is -2.40. The van der Waals surface area contributed by atoms with Gasteiger partial charge in [0.2, 0.25) is 11.2 Å². The van der Waals surface area contributed by atoms with Crippen molar-refractivity contribution in [2.45, 2.75) is 20.4 Å². The zero-order valence-corrected chi connectivity index (χ0v) is 15.2. The molecule has 3 aromatic carbocycles. The van der Waals surface area contributed by atoms with Gasteiger partial charge in [0.25, 0.3) is 0 Å². The molecule has 0 aliphatic heterocycles. The predicted octanol–water partition coefficient (Wildman–Crippen LogP) is 4.77. The number of hydrogen-bond donors (Lipinski definition) is 2. The van der Waals surface area contributed by atoms with Crippen LogP contribution in [-0.2, 0) is 6.54 Å². The third-order valence-electron chi connectivity index (χ3n) is 4.77. The maximum atomic E-state index is 6.16. The lowest BCUT2D eigenvalue weighted by atomic mass is 9.97. The van der Waals surface area contributed by atoms with Crippen molar-refractivity contribution in [2.75, 3.05) is 11.5 Å². The topological polar surface area (TPSA) is 55.9 Å². The SMILES string of the molecule is CC(C)C[n+]1c(-c2ccccc2)c2cc(N)ccc2c2ccc(N)cc21. The second-order valence-electron chi connectivity index (χ2n) is 7.30. The highest BCUT2D eigenvalue weighted by Crippen LogP contribution is 2.33. The smallest absolute Gasteiger partial charge is 0.220 e. The number of fused-ring (bicyclic) bond motifs is 3. The lowest BCUT2D eigenvalue weighted by molar-refractivity contribution is -0.665. The number of hydrogen-bond acceptors (Lipinski definition) is 2. The monoisotopic (exact) mass is 342 g/mol. The molecule has 1 aromatic heterocycles. The van der Waals surface area contributed by atoms with Gasteiger partial charge in [-0.2, -0.15) is 4.57 Å². The lowest BCUT2D eigenvalue weighted by Gasteiger charge is -2.14. The fourth-order valence-electron chi connectivity index (χ4n) is 3.72. The summed E-state index contributed by atoms with van der Waals surface area (Å²) in [6.45, 7) is 5.39. The summed E-state index contributed by atoms with van der Waals surface area (Å²) in [5, 5.41) is 3.58. The van der Waals surface area contributed by atoms with Crippen LogP contribution in [-0.4, -0.2) is 0 Å². The quantitative estimate of drug-likeness (QED) is 0.320. The molecule has 0 aliphatic rings. The first-order valence-electron chi connectivity index (χ1n) is 9.04. The second kappa shape index (κ2) is 6.34. The number of aromatic nitrogens is 1. The van der Waals surface area contributed by atoms with Gasteiger partial charge in [-0.1, -0.05) is 38.1 Å². The largest absolute Gasteiger partial charge is 0.399 e. The van der Waals surface area contributed by atoms with E-state index >= 15 is 0 Å². The highest BCUT2D eigenvalue weighted by atomic mass is 15.0. The molecule has 1 heterocycles. The van der Waals surface area contributed by atoms with E-state index in [-0.39, 0.29) is 0 Å². The Morgan fingerprint density at radius 3 is 2.12 bits per heavy atom. The molecule has 130 valence electrons. The number of anilines is 2. The summed E-state index contributed by atoms with van der Waals surface area (Å²) < 4.78 is 2.40. The Labute approximate surface area is 153 Å². The van der Waals surface area contributed by atoms with E-state index in [2.05, 4.69) is 66.9 Å². The van der Waals surface area contributed by atoms with Gasteiger partial charge in [-0.15, -0.1) is 0 Å². The summed E-state index contributed by atoms with van der Waals surface area (Å²) in [7, 11) is 0. The molecule has 0 fully saturated rings. The number of pyridine rings is 1. The maximum Gasteiger partial charge on any atom is 0.220 e. The van der Waals surface area contributed by atoms with E-state index in [9.17, 15) is 0 Å². The third-order valence-corrected chi connectivity index (χ3v) is 4.77. The molecule has 0 atom stereocenters. The summed E-state index contributed by atoms with van der Waals surface area (Å²) in [5.41, 5.74) is 17.4. The molecule has 4 rings (SSSR count). The van der Waals surface area contributed by atoms with Gasteiger partial charge in [-0.25, -0.2) is 0 Å². The number of nitrogen functional groups attached to an aromatic ring is 2. The van der Waals surface area contributed by atoms with Crippen molar-refractivity contribution >= 4 is 33.1 Å². The van der Waals surface area contributed by atoms with E-state index < -0.39 is 0 Å². The molecule has 26 heavy (non-hydrogen) atoms. The fourth-order valence-corrected chi connectivity index (χ4v) is 3.72. The summed E-state index contributed by atoms with van der Waals surface area (Å²) in [5.74, 6) is 0.505. The molecule has 0 radical (unpaired) electrons. The van der Waals surface area contributed by atoms with Crippen LogP contribution in [0.5, 0.6) is 0 Å². The molecule has 0 amide bonds. The van der Waals surface area contributed by atoms with Crippen LogP contribution in [0.4, 0.5) is 11.4 Å². The first kappa shape index (κ1) is 16.4. The second-order valence-corrected chi connectivity index (χ2v) is 7.30. The van der Waals surface area contributed by atoms with Crippen LogP contribution in [0.2, 0.25) is 0 Å². The Bertz CT molecular complexity index is 1100. The standard InChI is InChI=1S/C23H23N3/c1-15(2)14-26-22-13-18(25)9-11-20(22)19-10-8-17(24)12-21(19)23(26)16-6-4-3-5-7-16/h3-13,15,25H,14,24H2,1-2H3/p+1. The van der Waals surface area contributed by atoms with Crippen LogP contribution in [0.1, 0.15) is 13.8 Å². The molecule has 0 unspecified atom stereocenters. The van der Waals surface area contributed by atoms with Crippen LogP contribution < -0.4 is 16.0 Å². The van der Waals surface area contributed by atoms with Crippen molar-refractivity contribution in [3.63, 3.8) is 0 Å². The van der Waals surface area contributed by atoms with Crippen LogP contribution in [0.25, 0.3) is 32.9 Å². The summed E-state index contributed by atoms with van der Waals surface area (Å²) in [4.78, 5) is 0. The molecule has 0 saturated carbocycles. The highest BCUT2D eigenvalue weighted by Gasteiger charge is 2.24. The number of benzene rings is 3. The molecule has 0 bridgehead atoms. The fraction of sp³-hybridized carbons (Fsp3) is 0.174. The minimum atomic E-state index is 0.505. The van der Waals surface area contributed by atoms with Crippen molar-refractivity contribution < 1.29 is 4.57 Å². The van der Waals surface area contributed by atoms with Gasteiger partial charge >= 0.3 is 0 Å². The number of nitrogens with zero attached hydrogens (tertiary/aromatic N) is 1. The van der Waals surface area contributed by atoms with Crippen molar-refractivity contribution in [3.05, 3.63) is 66.7 Å². The molecule has 0 saturated heterocycles. The van der Waals surface area contributed by atoms with Gasteiger partial charge in [-0.3, -0.25) is 0 Å². The summed E-state index contributed by atoms with van der Waals surface area (Å²) in [6, 6.07) is 22.9. The molecule has 4 aromatic rings. The Balaban J connectivity index is 2.24. The van der Waals surface area contributed by atoms with Crippen molar-refractivity contribution in [1.29, 1.82) is 0 Å². The van der Waals surface area contributed by atoms with E-state index in [0.29, 0.717) is 5.92 Å². The molecular weight excluding hydrogens is 318 g/mol. The average Bonchev–Trinajstić information content (AvgIpc) is 2.62. The zero-order chi connectivity index (χ0) is 18.3. The Kier molecular flexibility index (Phi) is 4.00. The van der Waals surface area contributed by atoms with E-state index in [1.807, 2.05) is 18.2 Å². The minimum Gasteiger partial charge on any atom is -0.399 e. The molecule has 0 aliphatic carbocycles. The van der Waals surface area contributed by atoms with Crippen LogP contribution >= 0.6 is 0 Å². The van der Waals surface area contributed by atoms with Crippen molar-refractivity contribution in [2.24, 2.45) is 5.92 Å². The Morgan fingerprint density at radius 1 is 0.769 bits per heavy atom. The zero-order valence-electron chi connectivity index (χ0n) is 15.2. The highest BCUT2D eigenvalue weighted by molar-refractivity contribution is 6.10. The van der Waals surface area contributed by atoms with E-state index in [1.54, 1.807) is 0 Å². The molecular formula is C23H24N3+. The average molecular weight is 342 g/mol. The van der Waals surface area contributed by atoms with E-state index in [1.165, 1.54) is 27.4 Å². The van der Waals surface area contributed by atoms with Crippen molar-refractivity contribution in [3.8, 4) is 11.3 Å². The third kappa shape index (κ3) is 2.76. The van der Waals surface area contributed by atoms with Crippen LogP contribution in [0.3, 0.4) is 0 Å². The van der Waals surface area contributed by atoms with Gasteiger partial charge in [0.1, 0.15) is 0 Å². The first-order chi connectivity index (χ1) is 12.5. The van der Waals surface area contributed by atoms with Crippen LogP contribution in [0, 0.1) is 5.92 Å². The van der Waals surface area contributed by atoms with Gasteiger partial charge in [0.05, 0.1) is 10.8 Å². The van der Waals surface area contributed by atoms with Gasteiger partial charge in [-0.05, 0) is 36.4 Å². The molecule has 4 N–H and O–H groups in total.